The molecule has 1 fully saturated rings. The van der Waals surface area contributed by atoms with Crippen LogP contribution in [0.15, 0.2) is 24.3 Å². The minimum atomic E-state index is 0.210. The van der Waals surface area contributed by atoms with Crippen LogP contribution in [0.2, 0.25) is 0 Å². The van der Waals surface area contributed by atoms with Gasteiger partial charge in [-0.25, -0.2) is 0 Å². The molecule has 86 valence electrons. The number of ether oxygens (including phenoxy) is 2. The van der Waals surface area contributed by atoms with E-state index in [9.17, 15) is 0 Å². The van der Waals surface area contributed by atoms with E-state index in [1.807, 2.05) is 24.3 Å². The van der Waals surface area contributed by atoms with E-state index in [0.29, 0.717) is 0 Å². The van der Waals surface area contributed by atoms with E-state index in [-0.39, 0.29) is 12.2 Å². The van der Waals surface area contributed by atoms with E-state index in [4.69, 9.17) is 9.47 Å². The van der Waals surface area contributed by atoms with Crippen molar-refractivity contribution in [3.63, 3.8) is 0 Å². The Morgan fingerprint density at radius 1 is 1.12 bits per heavy atom. The van der Waals surface area contributed by atoms with Gasteiger partial charge in [0, 0.05) is 13.1 Å². The smallest absolute Gasteiger partial charge is 0.161 e. The van der Waals surface area contributed by atoms with Crippen molar-refractivity contribution in [1.29, 1.82) is 0 Å². The van der Waals surface area contributed by atoms with Crippen LogP contribution in [0.4, 0.5) is 0 Å². The summed E-state index contributed by atoms with van der Waals surface area (Å²) >= 11 is 0. The predicted octanol–water partition coefficient (Wildman–Crippen LogP) is 1.92. The summed E-state index contributed by atoms with van der Waals surface area (Å²) in [5.41, 5.74) is 0. The number of benzene rings is 1. The van der Waals surface area contributed by atoms with Gasteiger partial charge < -0.3 is 9.47 Å². The molecule has 2 aliphatic rings. The Kier molecular flexibility index (Phi) is 2.48. The quantitative estimate of drug-likeness (QED) is 0.758. The number of rotatable bonds is 2. The van der Waals surface area contributed by atoms with Crippen molar-refractivity contribution in [3.8, 4) is 11.5 Å². The first-order valence-electron chi connectivity index (χ1n) is 6.01. The third kappa shape index (κ3) is 1.65. The number of nitrogens with zero attached hydrogens (tertiary/aromatic N) is 1. The predicted molar refractivity (Wildman–Crippen MR) is 62.0 cm³/mol. The van der Waals surface area contributed by atoms with E-state index in [2.05, 4.69) is 11.8 Å². The zero-order chi connectivity index (χ0) is 11.0. The summed E-state index contributed by atoms with van der Waals surface area (Å²) in [5, 5.41) is 0. The molecule has 0 saturated carbocycles. The van der Waals surface area contributed by atoms with Crippen molar-refractivity contribution in [1.82, 2.24) is 4.90 Å². The minimum Gasteiger partial charge on any atom is -0.481 e. The molecular formula is C13H17NO2. The lowest BCUT2D eigenvalue weighted by Gasteiger charge is -2.28. The third-order valence-corrected chi connectivity index (χ3v) is 3.24. The van der Waals surface area contributed by atoms with Gasteiger partial charge in [-0.2, -0.15) is 0 Å². The fraction of sp³-hybridized carbons (Fsp3) is 0.538. The van der Waals surface area contributed by atoms with Gasteiger partial charge in [-0.15, -0.1) is 0 Å². The Bertz CT molecular complexity index is 347. The first-order chi connectivity index (χ1) is 7.86. The van der Waals surface area contributed by atoms with Crippen LogP contribution in [0.1, 0.15) is 13.3 Å². The molecule has 1 aromatic carbocycles. The standard InChI is InChI=1S/C13H17NO2/c1-2-7-14-8-12-13(9-14)16-11-6-4-3-5-10(11)15-12/h3-6,12-13H,2,7-9H2,1H3/t12-,13-/m0/s1. The average Bonchev–Trinajstić information content (AvgIpc) is 2.67. The van der Waals surface area contributed by atoms with Gasteiger partial charge in [0.1, 0.15) is 12.2 Å². The summed E-state index contributed by atoms with van der Waals surface area (Å²) in [6.45, 7) is 5.33. The molecular weight excluding hydrogens is 202 g/mol. The largest absolute Gasteiger partial charge is 0.481 e. The molecule has 1 saturated heterocycles. The fourth-order valence-corrected chi connectivity index (χ4v) is 2.51. The van der Waals surface area contributed by atoms with Gasteiger partial charge in [0.05, 0.1) is 0 Å². The molecule has 0 N–H and O–H groups in total. The van der Waals surface area contributed by atoms with E-state index in [1.54, 1.807) is 0 Å². The fourth-order valence-electron chi connectivity index (χ4n) is 2.51. The Morgan fingerprint density at radius 2 is 1.69 bits per heavy atom. The number of fused-ring (bicyclic) bond motifs is 2. The van der Waals surface area contributed by atoms with Crippen molar-refractivity contribution >= 4 is 0 Å². The molecule has 1 aromatic rings. The van der Waals surface area contributed by atoms with Crippen LogP contribution in [-0.2, 0) is 0 Å². The molecule has 0 radical (unpaired) electrons. The van der Waals surface area contributed by atoms with Gasteiger partial charge >= 0.3 is 0 Å². The molecule has 0 unspecified atom stereocenters. The average molecular weight is 219 g/mol. The number of likely N-dealkylation sites (tertiary alicyclic amines) is 1. The summed E-state index contributed by atoms with van der Waals surface area (Å²) in [6.07, 6.45) is 1.61. The molecule has 2 atom stereocenters. The van der Waals surface area contributed by atoms with E-state index in [0.717, 1.165) is 31.1 Å². The van der Waals surface area contributed by atoms with Gasteiger partial charge in [0.25, 0.3) is 0 Å². The molecule has 0 amide bonds. The second-order valence-corrected chi connectivity index (χ2v) is 4.52. The topological polar surface area (TPSA) is 21.7 Å². The minimum absolute atomic E-state index is 0.210. The van der Waals surface area contributed by atoms with Crippen LogP contribution < -0.4 is 9.47 Å². The molecule has 16 heavy (non-hydrogen) atoms. The highest BCUT2D eigenvalue weighted by molar-refractivity contribution is 5.41. The van der Waals surface area contributed by atoms with Crippen LogP contribution in [0.5, 0.6) is 11.5 Å². The van der Waals surface area contributed by atoms with Crippen molar-refractivity contribution in [2.45, 2.75) is 25.6 Å². The Hall–Kier alpha value is -1.22. The first kappa shape index (κ1) is 9.97. The van der Waals surface area contributed by atoms with Crippen molar-refractivity contribution in [2.75, 3.05) is 19.6 Å². The molecule has 3 rings (SSSR count). The van der Waals surface area contributed by atoms with E-state index < -0.39 is 0 Å². The highest BCUT2D eigenvalue weighted by Gasteiger charge is 2.39. The van der Waals surface area contributed by atoms with Gasteiger partial charge in [0.2, 0.25) is 0 Å². The number of para-hydroxylation sites is 2. The lowest BCUT2D eigenvalue weighted by atomic mass is 10.2. The molecule has 0 bridgehead atoms. The number of hydrogen-bond donors (Lipinski definition) is 0. The Morgan fingerprint density at radius 3 is 2.19 bits per heavy atom. The summed E-state index contributed by atoms with van der Waals surface area (Å²) in [5.74, 6) is 1.78. The molecule has 2 aliphatic heterocycles. The highest BCUT2D eigenvalue weighted by Crippen LogP contribution is 2.35. The zero-order valence-electron chi connectivity index (χ0n) is 9.56. The summed E-state index contributed by atoms with van der Waals surface area (Å²) in [4.78, 5) is 2.42. The van der Waals surface area contributed by atoms with Gasteiger partial charge in [-0.05, 0) is 25.1 Å². The molecule has 2 heterocycles. The second-order valence-electron chi connectivity index (χ2n) is 4.52. The van der Waals surface area contributed by atoms with Crippen LogP contribution >= 0.6 is 0 Å². The van der Waals surface area contributed by atoms with Crippen LogP contribution in [0.3, 0.4) is 0 Å². The third-order valence-electron chi connectivity index (χ3n) is 3.24. The highest BCUT2D eigenvalue weighted by atomic mass is 16.6. The maximum atomic E-state index is 5.97. The second kappa shape index (κ2) is 3.98. The zero-order valence-corrected chi connectivity index (χ0v) is 9.56. The molecule has 0 spiro atoms. The maximum Gasteiger partial charge on any atom is 0.161 e. The monoisotopic (exact) mass is 219 g/mol. The lowest BCUT2D eigenvalue weighted by molar-refractivity contribution is 0.0552. The maximum absolute atomic E-state index is 5.97. The summed E-state index contributed by atoms with van der Waals surface area (Å²) in [7, 11) is 0. The van der Waals surface area contributed by atoms with Crippen LogP contribution in [0.25, 0.3) is 0 Å². The Balaban J connectivity index is 1.76. The van der Waals surface area contributed by atoms with Gasteiger partial charge in [-0.3, -0.25) is 4.90 Å². The molecule has 3 nitrogen and oxygen atoms in total. The van der Waals surface area contributed by atoms with Gasteiger partial charge in [-0.1, -0.05) is 19.1 Å². The summed E-state index contributed by atoms with van der Waals surface area (Å²) in [6, 6.07) is 7.94. The number of hydrogen-bond acceptors (Lipinski definition) is 3. The van der Waals surface area contributed by atoms with E-state index >= 15 is 0 Å². The molecule has 0 aromatic heterocycles. The molecule has 0 aliphatic carbocycles. The van der Waals surface area contributed by atoms with Crippen LogP contribution in [-0.4, -0.2) is 36.7 Å². The normalized spacial score (nSPS) is 27.8. The van der Waals surface area contributed by atoms with Gasteiger partial charge in [0.15, 0.2) is 11.5 Å². The Labute approximate surface area is 96.0 Å². The lowest BCUT2D eigenvalue weighted by Crippen LogP contribution is -2.38. The van der Waals surface area contributed by atoms with Crippen molar-refractivity contribution < 1.29 is 9.47 Å². The van der Waals surface area contributed by atoms with E-state index in [1.165, 1.54) is 6.42 Å². The van der Waals surface area contributed by atoms with Crippen molar-refractivity contribution in [2.24, 2.45) is 0 Å². The first-order valence-corrected chi connectivity index (χ1v) is 6.01. The SMILES string of the molecule is CCCN1C[C@@H]2Oc3ccccc3O[C@H]2C1. The van der Waals surface area contributed by atoms with Crippen molar-refractivity contribution in [3.05, 3.63) is 24.3 Å². The molecule has 3 heteroatoms. The summed E-state index contributed by atoms with van der Waals surface area (Å²) < 4.78 is 11.9. The van der Waals surface area contributed by atoms with Crippen LogP contribution in [0, 0.1) is 0 Å².